The quantitative estimate of drug-likeness (QED) is 0.510. The van der Waals surface area contributed by atoms with E-state index >= 15 is 0 Å². The van der Waals surface area contributed by atoms with Crippen LogP contribution >= 0.6 is 23.4 Å². The first kappa shape index (κ1) is 24.6. The van der Waals surface area contributed by atoms with Crippen molar-refractivity contribution in [1.82, 2.24) is 10.2 Å². The molecule has 4 nitrogen and oxygen atoms in total. The lowest BCUT2D eigenvalue weighted by Gasteiger charge is -2.29. The van der Waals surface area contributed by atoms with Gasteiger partial charge in [0.2, 0.25) is 11.8 Å². The summed E-state index contributed by atoms with van der Waals surface area (Å²) in [7, 11) is 0. The molecule has 0 heterocycles. The summed E-state index contributed by atoms with van der Waals surface area (Å²) in [5, 5.41) is 3.46. The molecule has 0 radical (unpaired) electrons. The van der Waals surface area contributed by atoms with E-state index < -0.39 is 6.04 Å². The Kier molecular flexibility index (Phi) is 9.42. The van der Waals surface area contributed by atoms with Gasteiger partial charge in [-0.1, -0.05) is 60.8 Å². The van der Waals surface area contributed by atoms with Gasteiger partial charge in [-0.25, -0.2) is 4.39 Å². The number of amides is 2. The van der Waals surface area contributed by atoms with E-state index in [9.17, 15) is 14.0 Å². The number of rotatable bonds is 10. The van der Waals surface area contributed by atoms with E-state index in [4.69, 9.17) is 11.6 Å². The molecule has 3 rings (SSSR count). The fraction of sp³-hybridized carbons (Fsp3) is 0.440. The Labute approximate surface area is 198 Å². The zero-order valence-corrected chi connectivity index (χ0v) is 19.9. The molecular weight excluding hydrogens is 447 g/mol. The monoisotopic (exact) mass is 476 g/mol. The summed E-state index contributed by atoms with van der Waals surface area (Å²) >= 11 is 7.40. The van der Waals surface area contributed by atoms with E-state index in [2.05, 4.69) is 5.32 Å². The van der Waals surface area contributed by atoms with Gasteiger partial charge in [0.05, 0.1) is 5.75 Å². The SMILES string of the molecule is C[C@H](C(=O)NC1CCCC1)N(CCc1ccccc1)C(=O)CSCc1c(F)cccc1Cl. The lowest BCUT2D eigenvalue weighted by molar-refractivity contribution is -0.138. The number of nitrogens with zero attached hydrogens (tertiary/aromatic N) is 1. The third-order valence-corrected chi connectivity index (χ3v) is 7.18. The molecule has 7 heteroatoms. The van der Waals surface area contributed by atoms with E-state index in [0.29, 0.717) is 29.3 Å². The van der Waals surface area contributed by atoms with Gasteiger partial charge in [0.25, 0.3) is 0 Å². The second-order valence-electron chi connectivity index (χ2n) is 8.18. The highest BCUT2D eigenvalue weighted by molar-refractivity contribution is 7.99. The molecule has 0 unspecified atom stereocenters. The van der Waals surface area contributed by atoms with Gasteiger partial charge in [-0.05, 0) is 43.9 Å². The maximum absolute atomic E-state index is 14.0. The van der Waals surface area contributed by atoms with Crippen LogP contribution in [0.15, 0.2) is 48.5 Å². The number of hydrogen-bond acceptors (Lipinski definition) is 3. The van der Waals surface area contributed by atoms with Gasteiger partial charge in [-0.2, -0.15) is 0 Å². The van der Waals surface area contributed by atoms with Crippen molar-refractivity contribution in [3.63, 3.8) is 0 Å². The molecule has 0 aliphatic heterocycles. The summed E-state index contributed by atoms with van der Waals surface area (Å²) in [6, 6.07) is 14.1. The van der Waals surface area contributed by atoms with Crippen LogP contribution in [-0.2, 0) is 21.8 Å². The van der Waals surface area contributed by atoms with Crippen molar-refractivity contribution in [1.29, 1.82) is 0 Å². The van der Waals surface area contributed by atoms with E-state index in [1.807, 2.05) is 30.3 Å². The second kappa shape index (κ2) is 12.3. The zero-order chi connectivity index (χ0) is 22.9. The maximum atomic E-state index is 14.0. The molecule has 0 bridgehead atoms. The average molecular weight is 477 g/mol. The molecule has 172 valence electrons. The normalized spacial score (nSPS) is 14.8. The van der Waals surface area contributed by atoms with E-state index in [1.165, 1.54) is 17.8 Å². The Morgan fingerprint density at radius 1 is 1.16 bits per heavy atom. The van der Waals surface area contributed by atoms with Crippen LogP contribution in [0.3, 0.4) is 0 Å². The van der Waals surface area contributed by atoms with Gasteiger partial charge < -0.3 is 10.2 Å². The number of carbonyl (C=O) groups excluding carboxylic acids is 2. The van der Waals surface area contributed by atoms with E-state index in [-0.39, 0.29) is 29.4 Å². The molecule has 1 fully saturated rings. The Balaban J connectivity index is 1.62. The predicted molar refractivity (Wildman–Crippen MR) is 129 cm³/mol. The van der Waals surface area contributed by atoms with Gasteiger partial charge in [0.1, 0.15) is 11.9 Å². The maximum Gasteiger partial charge on any atom is 0.242 e. The van der Waals surface area contributed by atoms with Gasteiger partial charge in [0.15, 0.2) is 0 Å². The van der Waals surface area contributed by atoms with Crippen LogP contribution < -0.4 is 5.32 Å². The standard InChI is InChI=1S/C25H30ClFN2O2S/c1-18(25(31)28-20-10-5-6-11-20)29(15-14-19-8-3-2-4-9-19)24(30)17-32-16-21-22(26)12-7-13-23(21)27/h2-4,7-9,12-13,18,20H,5-6,10-11,14-17H2,1H3,(H,28,31)/t18-/m1/s1. The fourth-order valence-electron chi connectivity index (χ4n) is 3.96. The number of hydrogen-bond donors (Lipinski definition) is 1. The summed E-state index contributed by atoms with van der Waals surface area (Å²) in [6.07, 6.45) is 4.92. The van der Waals surface area contributed by atoms with Crippen molar-refractivity contribution in [2.45, 2.75) is 56.9 Å². The van der Waals surface area contributed by atoms with Crippen LogP contribution in [0.1, 0.15) is 43.7 Å². The van der Waals surface area contributed by atoms with Crippen molar-refractivity contribution in [3.8, 4) is 0 Å². The molecule has 2 aromatic carbocycles. The molecular formula is C25H30ClFN2O2S. The van der Waals surface area contributed by atoms with Crippen LogP contribution in [0.2, 0.25) is 5.02 Å². The third kappa shape index (κ3) is 6.97. The van der Waals surface area contributed by atoms with Crippen molar-refractivity contribution < 1.29 is 14.0 Å². The van der Waals surface area contributed by atoms with Crippen LogP contribution in [0.25, 0.3) is 0 Å². The molecule has 0 aromatic heterocycles. The lowest BCUT2D eigenvalue weighted by atomic mass is 10.1. The molecule has 2 amide bonds. The summed E-state index contributed by atoms with van der Waals surface area (Å²) in [4.78, 5) is 27.6. The Morgan fingerprint density at radius 2 is 1.88 bits per heavy atom. The highest BCUT2D eigenvalue weighted by Crippen LogP contribution is 2.24. The largest absolute Gasteiger partial charge is 0.352 e. The summed E-state index contributed by atoms with van der Waals surface area (Å²) in [5.74, 6) is -0.164. The lowest BCUT2D eigenvalue weighted by Crippen LogP contribution is -2.51. The summed E-state index contributed by atoms with van der Waals surface area (Å²) in [6.45, 7) is 2.23. The van der Waals surface area contributed by atoms with E-state index in [0.717, 1.165) is 31.2 Å². The molecule has 1 atom stereocenters. The van der Waals surface area contributed by atoms with Gasteiger partial charge in [0, 0.05) is 28.9 Å². The van der Waals surface area contributed by atoms with Crippen molar-refractivity contribution >= 4 is 35.2 Å². The van der Waals surface area contributed by atoms with Gasteiger partial charge >= 0.3 is 0 Å². The molecule has 0 saturated heterocycles. The minimum atomic E-state index is -0.565. The molecule has 2 aromatic rings. The van der Waals surface area contributed by atoms with Gasteiger partial charge in [-0.3, -0.25) is 9.59 Å². The molecule has 1 aliphatic rings. The Bertz CT molecular complexity index is 886. The molecule has 1 saturated carbocycles. The van der Waals surface area contributed by atoms with Crippen molar-refractivity contribution in [3.05, 3.63) is 70.5 Å². The summed E-state index contributed by atoms with van der Waals surface area (Å²) < 4.78 is 14.0. The number of nitrogens with one attached hydrogen (secondary N) is 1. The van der Waals surface area contributed by atoms with Gasteiger partial charge in [-0.15, -0.1) is 11.8 Å². The fourth-order valence-corrected chi connectivity index (χ4v) is 5.20. The average Bonchev–Trinajstić information content (AvgIpc) is 3.29. The van der Waals surface area contributed by atoms with Crippen LogP contribution in [0, 0.1) is 5.82 Å². The molecule has 32 heavy (non-hydrogen) atoms. The zero-order valence-electron chi connectivity index (χ0n) is 18.4. The predicted octanol–water partition coefficient (Wildman–Crippen LogP) is 5.23. The smallest absolute Gasteiger partial charge is 0.242 e. The first-order chi connectivity index (χ1) is 15.5. The second-order valence-corrected chi connectivity index (χ2v) is 9.57. The van der Waals surface area contributed by atoms with Crippen LogP contribution in [0.5, 0.6) is 0 Å². The first-order valence-electron chi connectivity index (χ1n) is 11.1. The number of halogens is 2. The number of thioether (sulfide) groups is 1. The molecule has 1 aliphatic carbocycles. The Hall–Kier alpha value is -2.05. The van der Waals surface area contributed by atoms with Crippen LogP contribution in [0.4, 0.5) is 4.39 Å². The highest BCUT2D eigenvalue weighted by atomic mass is 35.5. The van der Waals surface area contributed by atoms with Crippen molar-refractivity contribution in [2.24, 2.45) is 0 Å². The van der Waals surface area contributed by atoms with Crippen LogP contribution in [-0.4, -0.2) is 41.1 Å². The minimum absolute atomic E-state index is 0.111. The minimum Gasteiger partial charge on any atom is -0.352 e. The van der Waals surface area contributed by atoms with E-state index in [1.54, 1.807) is 24.0 Å². The summed E-state index contributed by atoms with van der Waals surface area (Å²) in [5.41, 5.74) is 1.51. The third-order valence-electron chi connectivity index (χ3n) is 5.89. The number of carbonyl (C=O) groups is 2. The van der Waals surface area contributed by atoms with Crippen molar-refractivity contribution in [2.75, 3.05) is 12.3 Å². The Morgan fingerprint density at radius 3 is 2.56 bits per heavy atom. The molecule has 1 N–H and O–H groups in total. The highest BCUT2D eigenvalue weighted by Gasteiger charge is 2.28. The molecule has 0 spiro atoms. The first-order valence-corrected chi connectivity index (χ1v) is 12.6. The number of benzene rings is 2. The topological polar surface area (TPSA) is 49.4 Å².